The zero-order valence-corrected chi connectivity index (χ0v) is 16.6. The summed E-state index contributed by atoms with van der Waals surface area (Å²) in [6.07, 6.45) is 14.0. The molecule has 0 aromatic rings. The minimum atomic E-state index is -0.118. The molecule has 0 aromatic carbocycles. The maximum Gasteiger partial charge on any atom is 0.0578 e. The molecular formula is C24H36O. The molecule has 0 bridgehead atoms. The van der Waals surface area contributed by atoms with E-state index in [2.05, 4.69) is 52.5 Å². The minimum absolute atomic E-state index is 0.118. The summed E-state index contributed by atoms with van der Waals surface area (Å²) in [5, 5.41) is 10.1. The fraction of sp³-hybridized carbons (Fsp3) is 0.750. The van der Waals surface area contributed by atoms with E-state index in [0.29, 0.717) is 22.7 Å². The van der Waals surface area contributed by atoms with Gasteiger partial charge in [0.25, 0.3) is 0 Å². The highest BCUT2D eigenvalue weighted by Gasteiger charge is 2.58. The maximum absolute atomic E-state index is 10.1. The van der Waals surface area contributed by atoms with Crippen LogP contribution in [0.15, 0.2) is 36.0 Å². The van der Waals surface area contributed by atoms with E-state index in [-0.39, 0.29) is 6.10 Å². The van der Waals surface area contributed by atoms with Crippen molar-refractivity contribution < 1.29 is 5.11 Å². The average molecular weight is 341 g/mol. The van der Waals surface area contributed by atoms with E-state index in [1.807, 2.05) is 0 Å². The van der Waals surface area contributed by atoms with Crippen molar-refractivity contribution in [1.82, 2.24) is 0 Å². The molecule has 1 N–H and O–H groups in total. The maximum atomic E-state index is 10.1. The van der Waals surface area contributed by atoms with Gasteiger partial charge in [0.05, 0.1) is 6.10 Å². The molecule has 3 fully saturated rings. The van der Waals surface area contributed by atoms with Crippen LogP contribution in [0.25, 0.3) is 0 Å². The number of fused-ring (bicyclic) bond motifs is 5. The van der Waals surface area contributed by atoms with E-state index in [1.165, 1.54) is 24.8 Å². The lowest BCUT2D eigenvalue weighted by Crippen LogP contribution is -2.46. The van der Waals surface area contributed by atoms with Crippen molar-refractivity contribution in [3.05, 3.63) is 36.0 Å². The molecule has 0 aliphatic heterocycles. The Hall–Kier alpha value is -0.820. The molecule has 1 heteroatoms. The molecule has 0 amide bonds. The SMILES string of the molecule is C=CC(C)C1C(C)C[C@H]2C3=CC=C4CC(O)CCC4(C)[C@H]3CCC12C. The second-order valence-electron chi connectivity index (χ2n) is 10.2. The highest BCUT2D eigenvalue weighted by atomic mass is 16.3. The molecule has 25 heavy (non-hydrogen) atoms. The molecule has 3 saturated carbocycles. The average Bonchev–Trinajstić information content (AvgIpc) is 2.85. The second kappa shape index (κ2) is 5.84. The fourth-order valence-electron chi connectivity index (χ4n) is 7.65. The first-order chi connectivity index (χ1) is 11.8. The van der Waals surface area contributed by atoms with Crippen LogP contribution in [0, 0.1) is 40.4 Å². The number of hydrogen-bond acceptors (Lipinski definition) is 1. The lowest BCUT2D eigenvalue weighted by atomic mass is 9.50. The van der Waals surface area contributed by atoms with E-state index < -0.39 is 0 Å². The zero-order valence-electron chi connectivity index (χ0n) is 16.6. The Balaban J connectivity index is 1.72. The Morgan fingerprint density at radius 3 is 2.68 bits per heavy atom. The first-order valence-electron chi connectivity index (χ1n) is 10.5. The summed E-state index contributed by atoms with van der Waals surface area (Å²) in [5.74, 6) is 3.62. The van der Waals surface area contributed by atoms with E-state index in [1.54, 1.807) is 5.57 Å². The van der Waals surface area contributed by atoms with Gasteiger partial charge in [-0.2, -0.15) is 0 Å². The van der Waals surface area contributed by atoms with Crippen molar-refractivity contribution in [2.24, 2.45) is 40.4 Å². The monoisotopic (exact) mass is 340 g/mol. The molecule has 4 rings (SSSR count). The number of aliphatic hydroxyl groups is 1. The largest absolute Gasteiger partial charge is 0.393 e. The summed E-state index contributed by atoms with van der Waals surface area (Å²) in [5.41, 5.74) is 4.01. The van der Waals surface area contributed by atoms with E-state index in [4.69, 9.17) is 0 Å². The van der Waals surface area contributed by atoms with Crippen LogP contribution in [0.2, 0.25) is 0 Å². The van der Waals surface area contributed by atoms with Crippen LogP contribution in [0.5, 0.6) is 0 Å². The van der Waals surface area contributed by atoms with Gasteiger partial charge in [-0.25, -0.2) is 0 Å². The summed E-state index contributed by atoms with van der Waals surface area (Å²) >= 11 is 0. The molecule has 4 aliphatic carbocycles. The predicted octanol–water partition coefficient (Wildman–Crippen LogP) is 5.91. The molecule has 0 heterocycles. The van der Waals surface area contributed by atoms with Gasteiger partial charge in [-0.15, -0.1) is 6.58 Å². The van der Waals surface area contributed by atoms with Gasteiger partial charge in [-0.1, -0.05) is 57.1 Å². The quantitative estimate of drug-likeness (QED) is 0.619. The Morgan fingerprint density at radius 1 is 1.20 bits per heavy atom. The summed E-state index contributed by atoms with van der Waals surface area (Å²) in [6, 6.07) is 0. The molecule has 8 atom stereocenters. The zero-order chi connectivity index (χ0) is 18.0. The second-order valence-corrected chi connectivity index (χ2v) is 10.2. The van der Waals surface area contributed by atoms with Crippen molar-refractivity contribution in [3.63, 3.8) is 0 Å². The lowest BCUT2D eigenvalue weighted by Gasteiger charge is -2.55. The Morgan fingerprint density at radius 2 is 1.96 bits per heavy atom. The first kappa shape index (κ1) is 17.6. The Bertz CT molecular complexity index is 628. The minimum Gasteiger partial charge on any atom is -0.393 e. The Labute approximate surface area is 154 Å². The van der Waals surface area contributed by atoms with Crippen LogP contribution in [-0.2, 0) is 0 Å². The van der Waals surface area contributed by atoms with Crippen LogP contribution in [-0.4, -0.2) is 11.2 Å². The number of aliphatic hydroxyl groups excluding tert-OH is 1. The first-order valence-corrected chi connectivity index (χ1v) is 10.5. The third-order valence-electron chi connectivity index (χ3n) is 8.92. The van der Waals surface area contributed by atoms with Crippen molar-refractivity contribution in [1.29, 1.82) is 0 Å². The van der Waals surface area contributed by atoms with Gasteiger partial charge in [0.2, 0.25) is 0 Å². The van der Waals surface area contributed by atoms with Gasteiger partial charge in [-0.3, -0.25) is 0 Å². The van der Waals surface area contributed by atoms with Crippen molar-refractivity contribution in [2.45, 2.75) is 72.3 Å². The van der Waals surface area contributed by atoms with Gasteiger partial charge in [0, 0.05) is 0 Å². The Kier molecular flexibility index (Phi) is 4.11. The van der Waals surface area contributed by atoms with Gasteiger partial charge in [0.1, 0.15) is 0 Å². The third-order valence-corrected chi connectivity index (χ3v) is 8.92. The van der Waals surface area contributed by atoms with Gasteiger partial charge in [0.15, 0.2) is 0 Å². The smallest absolute Gasteiger partial charge is 0.0578 e. The van der Waals surface area contributed by atoms with Crippen LogP contribution in [0.1, 0.15) is 66.2 Å². The number of allylic oxidation sites excluding steroid dienone is 4. The molecular weight excluding hydrogens is 304 g/mol. The van der Waals surface area contributed by atoms with Crippen LogP contribution in [0.3, 0.4) is 0 Å². The van der Waals surface area contributed by atoms with E-state index >= 15 is 0 Å². The standard InChI is InChI=1S/C24H36O/c1-6-15(2)22-16(3)13-21-19-8-7-17-14-18(25)9-11-23(17,4)20(19)10-12-24(21,22)5/h6-8,15-16,18,20-22,25H,1,9-14H2,2-5H3/t15?,16?,18?,20-,21-,22?,23?,24?/m0/s1. The van der Waals surface area contributed by atoms with Gasteiger partial charge < -0.3 is 5.11 Å². The van der Waals surface area contributed by atoms with Crippen LogP contribution < -0.4 is 0 Å². The normalized spacial score (nSPS) is 50.0. The predicted molar refractivity (Wildman–Crippen MR) is 105 cm³/mol. The lowest BCUT2D eigenvalue weighted by molar-refractivity contribution is 0.0346. The number of hydrogen-bond donors (Lipinski definition) is 1. The fourth-order valence-corrected chi connectivity index (χ4v) is 7.65. The third kappa shape index (κ3) is 2.37. The molecule has 0 saturated heterocycles. The van der Waals surface area contributed by atoms with Crippen molar-refractivity contribution in [3.8, 4) is 0 Å². The number of rotatable bonds is 2. The summed E-state index contributed by atoms with van der Waals surface area (Å²) < 4.78 is 0. The summed E-state index contributed by atoms with van der Waals surface area (Å²) in [6.45, 7) is 14.0. The van der Waals surface area contributed by atoms with E-state index in [9.17, 15) is 5.11 Å². The molecule has 0 radical (unpaired) electrons. The molecule has 138 valence electrons. The molecule has 0 aromatic heterocycles. The molecule has 6 unspecified atom stereocenters. The topological polar surface area (TPSA) is 20.2 Å². The van der Waals surface area contributed by atoms with Gasteiger partial charge >= 0.3 is 0 Å². The molecule has 4 aliphatic rings. The molecule has 0 spiro atoms. The summed E-state index contributed by atoms with van der Waals surface area (Å²) in [4.78, 5) is 0. The van der Waals surface area contributed by atoms with Gasteiger partial charge in [-0.05, 0) is 78.9 Å². The van der Waals surface area contributed by atoms with Crippen LogP contribution >= 0.6 is 0 Å². The summed E-state index contributed by atoms with van der Waals surface area (Å²) in [7, 11) is 0. The highest BCUT2D eigenvalue weighted by Crippen LogP contribution is 2.67. The van der Waals surface area contributed by atoms with Crippen molar-refractivity contribution >= 4 is 0 Å². The van der Waals surface area contributed by atoms with E-state index in [0.717, 1.165) is 37.0 Å². The van der Waals surface area contributed by atoms with Crippen molar-refractivity contribution in [2.75, 3.05) is 0 Å². The highest BCUT2D eigenvalue weighted by molar-refractivity contribution is 5.39. The van der Waals surface area contributed by atoms with Crippen LogP contribution in [0.4, 0.5) is 0 Å². The molecule has 1 nitrogen and oxygen atoms in total.